The Bertz CT molecular complexity index is 1280. The van der Waals surface area contributed by atoms with Crippen molar-refractivity contribution in [2.45, 2.75) is 45.4 Å². The van der Waals surface area contributed by atoms with Gasteiger partial charge in [-0.25, -0.2) is 8.42 Å². The Morgan fingerprint density at radius 3 is 2.27 bits per heavy atom. The lowest BCUT2D eigenvalue weighted by atomic mass is 10.0. The zero-order valence-electron chi connectivity index (χ0n) is 19.7. The molecule has 2 aromatic carbocycles. The van der Waals surface area contributed by atoms with Crippen LogP contribution in [0.3, 0.4) is 0 Å². The Morgan fingerprint density at radius 2 is 1.76 bits per heavy atom. The molecule has 0 spiro atoms. The van der Waals surface area contributed by atoms with Gasteiger partial charge in [-0.3, -0.25) is 13.8 Å². The molecule has 1 amide bonds. The molecule has 0 aliphatic rings. The number of carbonyl (C=O) groups excluding carboxylic acids is 1. The average molecular weight is 489 g/mol. The number of carbonyl (C=O) groups is 1. The zero-order chi connectivity index (χ0) is 24.5. The Morgan fingerprint density at radius 1 is 1.12 bits per heavy atom. The minimum atomic E-state index is -4.08. The standard InChI is InChI=1S/C24H29ClN4O3S/c1-15(2)19-8-10-20(11-9-19)29(33(31,32)24-17(4)27-28(6)18(24)5)14-23(30)26-22-12-7-16(3)13-21(22)25/h7-13,15H,14H2,1-6H3,(H,26,30). The summed E-state index contributed by atoms with van der Waals surface area (Å²) < 4.78 is 30.2. The minimum absolute atomic E-state index is 0.0964. The minimum Gasteiger partial charge on any atom is -0.323 e. The van der Waals surface area contributed by atoms with E-state index in [9.17, 15) is 13.2 Å². The number of amides is 1. The van der Waals surface area contributed by atoms with Gasteiger partial charge in [-0.05, 0) is 62.1 Å². The van der Waals surface area contributed by atoms with E-state index in [1.807, 2.05) is 25.1 Å². The highest BCUT2D eigenvalue weighted by molar-refractivity contribution is 7.93. The van der Waals surface area contributed by atoms with Crippen LogP contribution in [0.1, 0.15) is 42.3 Å². The largest absolute Gasteiger partial charge is 0.323 e. The van der Waals surface area contributed by atoms with Crippen molar-refractivity contribution in [2.75, 3.05) is 16.2 Å². The molecular weight excluding hydrogens is 460 g/mol. The van der Waals surface area contributed by atoms with E-state index < -0.39 is 22.5 Å². The molecule has 176 valence electrons. The maximum Gasteiger partial charge on any atom is 0.268 e. The van der Waals surface area contributed by atoms with Crippen LogP contribution in [-0.4, -0.2) is 30.7 Å². The normalized spacial score (nSPS) is 11.6. The van der Waals surface area contributed by atoms with Gasteiger partial charge in [0.2, 0.25) is 5.91 Å². The highest BCUT2D eigenvalue weighted by Gasteiger charge is 2.32. The van der Waals surface area contributed by atoms with Gasteiger partial charge < -0.3 is 5.32 Å². The van der Waals surface area contributed by atoms with E-state index >= 15 is 0 Å². The van der Waals surface area contributed by atoms with Crippen molar-refractivity contribution < 1.29 is 13.2 Å². The first-order valence-corrected chi connectivity index (χ1v) is 12.4. The Labute approximate surface area is 200 Å². The van der Waals surface area contributed by atoms with Gasteiger partial charge in [-0.15, -0.1) is 0 Å². The molecule has 7 nitrogen and oxygen atoms in total. The van der Waals surface area contributed by atoms with E-state index in [0.717, 1.165) is 15.4 Å². The molecule has 9 heteroatoms. The van der Waals surface area contributed by atoms with Gasteiger partial charge in [-0.1, -0.05) is 43.6 Å². The van der Waals surface area contributed by atoms with Crippen LogP contribution in [-0.2, 0) is 21.9 Å². The monoisotopic (exact) mass is 488 g/mol. The van der Waals surface area contributed by atoms with Crippen LogP contribution in [0.5, 0.6) is 0 Å². The summed E-state index contributed by atoms with van der Waals surface area (Å²) in [5.74, 6) is -0.213. The molecule has 3 aromatic rings. The molecule has 1 N–H and O–H groups in total. The van der Waals surface area contributed by atoms with Crippen molar-refractivity contribution in [1.82, 2.24) is 9.78 Å². The van der Waals surface area contributed by atoms with E-state index in [-0.39, 0.29) is 4.90 Å². The number of aryl methyl sites for hydroxylation is 3. The van der Waals surface area contributed by atoms with Crippen LogP contribution < -0.4 is 9.62 Å². The first kappa shape index (κ1) is 24.8. The van der Waals surface area contributed by atoms with Gasteiger partial charge in [0, 0.05) is 7.05 Å². The molecule has 0 aliphatic carbocycles. The molecule has 0 bridgehead atoms. The van der Waals surface area contributed by atoms with Crippen LogP contribution in [0.2, 0.25) is 5.02 Å². The summed E-state index contributed by atoms with van der Waals surface area (Å²) in [6.07, 6.45) is 0. The van der Waals surface area contributed by atoms with Crippen molar-refractivity contribution >= 4 is 38.9 Å². The third-order valence-corrected chi connectivity index (χ3v) is 7.86. The molecule has 0 saturated heterocycles. The second-order valence-electron chi connectivity index (χ2n) is 8.41. The quantitative estimate of drug-likeness (QED) is 0.509. The van der Waals surface area contributed by atoms with Gasteiger partial charge >= 0.3 is 0 Å². The van der Waals surface area contributed by atoms with Gasteiger partial charge in [0.25, 0.3) is 10.0 Å². The fraction of sp³-hybridized carbons (Fsp3) is 0.333. The highest BCUT2D eigenvalue weighted by atomic mass is 35.5. The average Bonchev–Trinajstić information content (AvgIpc) is 3.00. The van der Waals surface area contributed by atoms with Gasteiger partial charge in [-0.2, -0.15) is 5.10 Å². The SMILES string of the molecule is Cc1ccc(NC(=O)CN(c2ccc(C(C)C)cc2)S(=O)(=O)c2c(C)nn(C)c2C)c(Cl)c1. The number of rotatable bonds is 7. The lowest BCUT2D eigenvalue weighted by Gasteiger charge is -2.25. The van der Waals surface area contributed by atoms with Crippen LogP contribution in [0.25, 0.3) is 0 Å². The maximum absolute atomic E-state index is 13.8. The van der Waals surface area contributed by atoms with Gasteiger partial charge in [0.15, 0.2) is 0 Å². The molecule has 33 heavy (non-hydrogen) atoms. The number of anilines is 2. The molecule has 0 saturated carbocycles. The second-order valence-corrected chi connectivity index (χ2v) is 10.6. The smallest absolute Gasteiger partial charge is 0.268 e. The third kappa shape index (κ3) is 5.23. The molecule has 1 aromatic heterocycles. The van der Waals surface area contributed by atoms with Crippen LogP contribution in [0.15, 0.2) is 47.4 Å². The van der Waals surface area contributed by atoms with Crippen molar-refractivity contribution in [3.63, 3.8) is 0 Å². The predicted octanol–water partition coefficient (Wildman–Crippen LogP) is 4.96. The van der Waals surface area contributed by atoms with E-state index in [1.165, 1.54) is 4.68 Å². The molecule has 0 unspecified atom stereocenters. The summed E-state index contributed by atoms with van der Waals surface area (Å²) in [6.45, 7) is 8.94. The number of hydrogen-bond acceptors (Lipinski definition) is 4. The van der Waals surface area contributed by atoms with E-state index in [4.69, 9.17) is 11.6 Å². The summed E-state index contributed by atoms with van der Waals surface area (Å²) in [5.41, 5.74) is 3.72. The summed E-state index contributed by atoms with van der Waals surface area (Å²) in [7, 11) is -2.39. The summed E-state index contributed by atoms with van der Waals surface area (Å²) in [5, 5.41) is 7.36. The Hall–Kier alpha value is -2.84. The topological polar surface area (TPSA) is 84.3 Å². The number of nitrogens with one attached hydrogen (secondary N) is 1. The number of nitrogens with zero attached hydrogens (tertiary/aromatic N) is 3. The summed E-state index contributed by atoms with van der Waals surface area (Å²) >= 11 is 6.25. The first-order chi connectivity index (χ1) is 15.4. The highest BCUT2D eigenvalue weighted by Crippen LogP contribution is 2.29. The maximum atomic E-state index is 13.8. The molecule has 0 aliphatic heterocycles. The molecular formula is C24H29ClN4O3S. The molecule has 3 rings (SSSR count). The summed E-state index contributed by atoms with van der Waals surface area (Å²) in [6, 6.07) is 12.4. The van der Waals surface area contributed by atoms with Gasteiger partial charge in [0.1, 0.15) is 11.4 Å². The first-order valence-electron chi connectivity index (χ1n) is 10.6. The van der Waals surface area contributed by atoms with Crippen LogP contribution in [0.4, 0.5) is 11.4 Å². The Kier molecular flexibility index (Phi) is 7.19. The second kappa shape index (κ2) is 9.57. The lowest BCUT2D eigenvalue weighted by Crippen LogP contribution is -2.38. The van der Waals surface area contributed by atoms with E-state index in [1.54, 1.807) is 45.2 Å². The molecule has 0 atom stereocenters. The Balaban J connectivity index is 2.02. The number of hydrogen-bond donors (Lipinski definition) is 1. The van der Waals surface area contributed by atoms with Crippen LogP contribution in [0, 0.1) is 20.8 Å². The van der Waals surface area contributed by atoms with Crippen molar-refractivity contribution in [3.05, 3.63) is 70.0 Å². The van der Waals surface area contributed by atoms with Crippen LogP contribution >= 0.6 is 11.6 Å². The number of halogens is 1. The van der Waals surface area contributed by atoms with Crippen molar-refractivity contribution in [1.29, 1.82) is 0 Å². The zero-order valence-corrected chi connectivity index (χ0v) is 21.3. The number of sulfonamides is 1. The number of benzene rings is 2. The van der Waals surface area contributed by atoms with E-state index in [0.29, 0.717) is 33.7 Å². The fourth-order valence-electron chi connectivity index (χ4n) is 3.62. The van der Waals surface area contributed by atoms with Crippen molar-refractivity contribution in [2.24, 2.45) is 7.05 Å². The third-order valence-electron chi connectivity index (χ3n) is 5.52. The van der Waals surface area contributed by atoms with Crippen molar-refractivity contribution in [3.8, 4) is 0 Å². The lowest BCUT2D eigenvalue weighted by molar-refractivity contribution is -0.114. The van der Waals surface area contributed by atoms with E-state index in [2.05, 4.69) is 24.3 Å². The summed E-state index contributed by atoms with van der Waals surface area (Å²) in [4.78, 5) is 13.1. The molecule has 1 heterocycles. The molecule has 0 fully saturated rings. The molecule has 0 radical (unpaired) electrons. The van der Waals surface area contributed by atoms with Gasteiger partial charge in [0.05, 0.1) is 27.8 Å². The fourth-order valence-corrected chi connectivity index (χ4v) is 5.73. The predicted molar refractivity (Wildman–Crippen MR) is 133 cm³/mol. The number of aromatic nitrogens is 2.